The molecule has 1 aliphatic rings. The van der Waals surface area contributed by atoms with Gasteiger partial charge in [0.15, 0.2) is 0 Å². The van der Waals surface area contributed by atoms with Crippen molar-refractivity contribution >= 4 is 23.2 Å². The van der Waals surface area contributed by atoms with E-state index in [0.717, 1.165) is 12.1 Å². The molecule has 1 amide bonds. The van der Waals surface area contributed by atoms with Crippen LogP contribution in [0.4, 0.5) is 26.3 Å². The summed E-state index contributed by atoms with van der Waals surface area (Å²) in [5.41, 5.74) is -0.523. The predicted molar refractivity (Wildman–Crippen MR) is 110 cm³/mol. The zero-order valence-corrected chi connectivity index (χ0v) is 18.0. The van der Waals surface area contributed by atoms with Crippen LogP contribution < -0.4 is 5.32 Å². The summed E-state index contributed by atoms with van der Waals surface area (Å²) in [6, 6.07) is 7.80. The Morgan fingerprint density at radius 2 is 1.91 bits per heavy atom. The Labute approximate surface area is 190 Å². The highest BCUT2D eigenvalue weighted by molar-refractivity contribution is 6.31. The minimum Gasteiger partial charge on any atom is -0.391 e. The maximum Gasteiger partial charge on any atom is 0.416 e. The first-order valence-electron chi connectivity index (χ1n) is 9.92. The lowest BCUT2D eigenvalue weighted by Gasteiger charge is -2.25. The van der Waals surface area contributed by atoms with Crippen molar-refractivity contribution in [3.63, 3.8) is 0 Å². The Hall–Kier alpha value is -2.75. The number of oxime groups is 1. The van der Waals surface area contributed by atoms with Gasteiger partial charge in [-0.3, -0.25) is 4.79 Å². The number of nitrogens with zero attached hydrogens (tertiary/aromatic N) is 1. The molecule has 0 saturated carbocycles. The van der Waals surface area contributed by atoms with Crippen molar-refractivity contribution in [2.75, 3.05) is 0 Å². The number of amides is 1. The summed E-state index contributed by atoms with van der Waals surface area (Å²) in [7, 11) is 0. The molecule has 2 aromatic rings. The molecule has 2 unspecified atom stereocenters. The number of halogens is 7. The monoisotopic (exact) mass is 492 g/mol. The van der Waals surface area contributed by atoms with Gasteiger partial charge in [-0.25, -0.2) is 0 Å². The molecule has 2 aromatic carbocycles. The lowest BCUT2D eigenvalue weighted by atomic mass is 9.88. The number of hydrogen-bond acceptors (Lipinski definition) is 3. The molecule has 0 aliphatic carbocycles. The number of alkyl halides is 6. The Kier molecular flexibility index (Phi) is 7.26. The summed E-state index contributed by atoms with van der Waals surface area (Å²) in [6.07, 6.45) is -11.1. The van der Waals surface area contributed by atoms with Gasteiger partial charge in [0.2, 0.25) is 5.91 Å². The summed E-state index contributed by atoms with van der Waals surface area (Å²) in [5.74, 6) is -2.47. The molecule has 1 aliphatic heterocycles. The van der Waals surface area contributed by atoms with Gasteiger partial charge < -0.3 is 10.2 Å². The van der Waals surface area contributed by atoms with E-state index < -0.39 is 35.5 Å². The van der Waals surface area contributed by atoms with E-state index in [2.05, 4.69) is 10.5 Å². The van der Waals surface area contributed by atoms with Gasteiger partial charge in [-0.05, 0) is 23.3 Å². The molecule has 33 heavy (non-hydrogen) atoms. The van der Waals surface area contributed by atoms with Crippen LogP contribution in [0.5, 0.6) is 0 Å². The van der Waals surface area contributed by atoms with E-state index >= 15 is 0 Å². The fourth-order valence-corrected chi connectivity index (χ4v) is 3.70. The summed E-state index contributed by atoms with van der Waals surface area (Å²) >= 11 is 6.23. The average molecular weight is 493 g/mol. The number of carbonyl (C=O) groups is 1. The highest BCUT2D eigenvalue weighted by atomic mass is 35.5. The maximum absolute atomic E-state index is 13.8. The molecule has 0 spiro atoms. The van der Waals surface area contributed by atoms with Gasteiger partial charge in [-0.2, -0.15) is 26.3 Å². The predicted octanol–water partition coefficient (Wildman–Crippen LogP) is 6.22. The van der Waals surface area contributed by atoms with Crippen molar-refractivity contribution in [3.8, 4) is 0 Å². The fraction of sp³-hybridized carbons (Fsp3) is 0.364. The van der Waals surface area contributed by atoms with E-state index in [-0.39, 0.29) is 29.6 Å². The number of hydrogen-bond donors (Lipinski definition) is 1. The second kappa shape index (κ2) is 9.62. The second-order valence-electron chi connectivity index (χ2n) is 7.46. The number of nitrogens with one attached hydrogen (secondary N) is 1. The van der Waals surface area contributed by atoms with Gasteiger partial charge in [-0.1, -0.05) is 54.0 Å². The Balaban J connectivity index is 1.80. The van der Waals surface area contributed by atoms with E-state index in [9.17, 15) is 31.1 Å². The topological polar surface area (TPSA) is 50.7 Å². The molecule has 178 valence electrons. The molecule has 4 nitrogen and oxygen atoms in total. The molecule has 0 radical (unpaired) electrons. The first-order valence-corrected chi connectivity index (χ1v) is 10.3. The minimum absolute atomic E-state index is 0.167. The van der Waals surface area contributed by atoms with Gasteiger partial charge in [0.25, 0.3) is 0 Å². The van der Waals surface area contributed by atoms with Crippen LogP contribution in [0.25, 0.3) is 0 Å². The zero-order valence-electron chi connectivity index (χ0n) is 17.2. The zero-order chi connectivity index (χ0) is 24.4. The van der Waals surface area contributed by atoms with Crippen molar-refractivity contribution in [2.24, 2.45) is 5.16 Å². The molecule has 11 heteroatoms. The third kappa shape index (κ3) is 5.98. The first-order chi connectivity index (χ1) is 15.4. The maximum atomic E-state index is 13.8. The van der Waals surface area contributed by atoms with Crippen LogP contribution in [0, 0.1) is 0 Å². The minimum atomic E-state index is -4.86. The summed E-state index contributed by atoms with van der Waals surface area (Å²) in [6.45, 7) is 1.88. The summed E-state index contributed by atoms with van der Waals surface area (Å²) in [5, 5.41) is 6.69. The molecule has 0 saturated heterocycles. The van der Waals surface area contributed by atoms with Gasteiger partial charge in [0.05, 0.1) is 11.3 Å². The SMILES string of the molecule is CCC(=O)NCc1ccc(C2=NOC(C(c3cccc(C(F)(F)F)c3)C(F)(F)F)C2)cc1Cl. The van der Waals surface area contributed by atoms with Crippen LogP contribution in [0.15, 0.2) is 47.6 Å². The van der Waals surface area contributed by atoms with Gasteiger partial charge in [0, 0.05) is 30.0 Å². The Morgan fingerprint density at radius 3 is 2.52 bits per heavy atom. The largest absolute Gasteiger partial charge is 0.416 e. The first kappa shape index (κ1) is 24.9. The number of rotatable bonds is 6. The van der Waals surface area contributed by atoms with E-state index in [4.69, 9.17) is 16.4 Å². The van der Waals surface area contributed by atoms with Crippen LogP contribution in [0.3, 0.4) is 0 Å². The summed E-state index contributed by atoms with van der Waals surface area (Å²) < 4.78 is 80.6. The van der Waals surface area contributed by atoms with E-state index in [1.165, 1.54) is 6.07 Å². The normalized spacial score (nSPS) is 17.3. The van der Waals surface area contributed by atoms with Crippen molar-refractivity contribution < 1.29 is 36.0 Å². The average Bonchev–Trinajstić information content (AvgIpc) is 3.20. The molecule has 3 rings (SSSR count). The summed E-state index contributed by atoms with van der Waals surface area (Å²) in [4.78, 5) is 16.4. The third-order valence-electron chi connectivity index (χ3n) is 5.17. The molecular weight excluding hydrogens is 474 g/mol. The Bertz CT molecular complexity index is 1050. The quantitative estimate of drug-likeness (QED) is 0.486. The Morgan fingerprint density at radius 1 is 1.18 bits per heavy atom. The van der Waals surface area contributed by atoms with Crippen molar-refractivity contribution in [3.05, 3.63) is 69.7 Å². The molecule has 0 fully saturated rings. The van der Waals surface area contributed by atoms with Gasteiger partial charge in [0.1, 0.15) is 12.0 Å². The van der Waals surface area contributed by atoms with Crippen LogP contribution in [-0.4, -0.2) is 23.9 Å². The lowest BCUT2D eigenvalue weighted by molar-refractivity contribution is -0.176. The van der Waals surface area contributed by atoms with Crippen molar-refractivity contribution in [2.45, 2.75) is 50.7 Å². The molecule has 0 aromatic heterocycles. The molecule has 0 bridgehead atoms. The number of benzene rings is 2. The fourth-order valence-electron chi connectivity index (χ4n) is 3.46. The molecule has 1 heterocycles. The van der Waals surface area contributed by atoms with Crippen LogP contribution in [0.2, 0.25) is 5.02 Å². The second-order valence-corrected chi connectivity index (χ2v) is 7.87. The smallest absolute Gasteiger partial charge is 0.391 e. The number of carbonyl (C=O) groups excluding carboxylic acids is 1. The van der Waals surface area contributed by atoms with Crippen molar-refractivity contribution in [1.29, 1.82) is 0 Å². The lowest BCUT2D eigenvalue weighted by Crippen LogP contribution is -2.32. The van der Waals surface area contributed by atoms with Gasteiger partial charge in [-0.15, -0.1) is 0 Å². The molecular formula is C22H19ClF6N2O2. The third-order valence-corrected chi connectivity index (χ3v) is 5.53. The van der Waals surface area contributed by atoms with Gasteiger partial charge >= 0.3 is 12.4 Å². The highest BCUT2D eigenvalue weighted by Gasteiger charge is 2.49. The van der Waals surface area contributed by atoms with E-state index in [0.29, 0.717) is 29.7 Å². The van der Waals surface area contributed by atoms with E-state index in [1.54, 1.807) is 19.1 Å². The van der Waals surface area contributed by atoms with Crippen molar-refractivity contribution in [1.82, 2.24) is 5.32 Å². The van der Waals surface area contributed by atoms with Crippen LogP contribution in [0.1, 0.15) is 47.9 Å². The highest BCUT2D eigenvalue weighted by Crippen LogP contribution is 2.43. The molecule has 1 N–H and O–H groups in total. The van der Waals surface area contributed by atoms with Crippen LogP contribution in [-0.2, 0) is 22.4 Å². The van der Waals surface area contributed by atoms with E-state index in [1.807, 2.05) is 0 Å². The van der Waals surface area contributed by atoms with Crippen LogP contribution >= 0.6 is 11.6 Å². The molecule has 2 atom stereocenters. The standard InChI is InChI=1S/C22H19ClF6N2O2/c1-2-19(32)30-11-14-7-6-12(9-16(14)23)17-10-18(33-31-17)20(22(27,28)29)13-4-3-5-15(8-13)21(24,25)26/h3-9,18,20H,2,10-11H2,1H3,(H,30,32).